The predicted octanol–water partition coefficient (Wildman–Crippen LogP) is 2.88. The van der Waals surface area contributed by atoms with Gasteiger partial charge < -0.3 is 19.6 Å². The fraction of sp³-hybridized carbons (Fsp3) is 0.308. The monoisotopic (exact) mass is 540 g/mol. The first kappa shape index (κ1) is 26.1. The number of nitro groups is 1. The van der Waals surface area contributed by atoms with E-state index in [4.69, 9.17) is 14.6 Å². The molecule has 200 valence electrons. The number of benzene rings is 3. The number of nitrogens with one attached hydrogen (secondary N) is 2. The molecule has 38 heavy (non-hydrogen) atoms. The van der Waals surface area contributed by atoms with Crippen LogP contribution in [0.3, 0.4) is 0 Å². The maximum Gasteiger partial charge on any atom is 0.277 e. The van der Waals surface area contributed by atoms with E-state index in [-0.39, 0.29) is 29.1 Å². The summed E-state index contributed by atoms with van der Waals surface area (Å²) in [4.78, 5) is 16.9. The molecule has 1 aliphatic heterocycles. The van der Waals surface area contributed by atoms with E-state index in [2.05, 4.69) is 14.6 Å². The SMILES string of the molecule is O=[N+]([O-])c1cc(-c2cc3cc(OCCN4CCOCC4)ccc3[nH]2)cc2ccc(S(=O)(=O)NCCO)cc12. The number of non-ortho nitro benzene ring substituents is 1. The number of nitrogens with zero attached hydrogens (tertiary/aromatic N) is 2. The lowest BCUT2D eigenvalue weighted by Crippen LogP contribution is -2.38. The van der Waals surface area contributed by atoms with Crippen molar-refractivity contribution < 1.29 is 27.9 Å². The maximum absolute atomic E-state index is 12.5. The summed E-state index contributed by atoms with van der Waals surface area (Å²) in [6, 6.07) is 15.1. The molecule has 0 saturated carbocycles. The molecule has 3 aromatic carbocycles. The van der Waals surface area contributed by atoms with E-state index in [1.165, 1.54) is 18.2 Å². The lowest BCUT2D eigenvalue weighted by Gasteiger charge is -2.26. The highest BCUT2D eigenvalue weighted by Crippen LogP contribution is 2.35. The number of rotatable bonds is 10. The minimum Gasteiger partial charge on any atom is -0.492 e. The molecule has 12 heteroatoms. The third-order valence-electron chi connectivity index (χ3n) is 6.50. The summed E-state index contributed by atoms with van der Waals surface area (Å²) in [7, 11) is -3.91. The average Bonchev–Trinajstić information content (AvgIpc) is 3.35. The zero-order valence-electron chi connectivity index (χ0n) is 20.6. The molecule has 0 bridgehead atoms. The standard InChI is InChI=1S/C26H28N4O7S/c31-9-5-27-38(34,35)22-3-1-18-13-19(16-26(30(32)33)23(18)17-22)25-15-20-14-21(2-4-24(20)28-25)37-12-8-29-6-10-36-11-7-29/h1-4,13-17,27-28,31H,5-12H2. The van der Waals surface area contributed by atoms with Crippen LogP contribution < -0.4 is 9.46 Å². The van der Waals surface area contributed by atoms with Gasteiger partial charge in [-0.2, -0.15) is 0 Å². The van der Waals surface area contributed by atoms with E-state index >= 15 is 0 Å². The van der Waals surface area contributed by atoms with Gasteiger partial charge in [0.25, 0.3) is 5.69 Å². The molecule has 5 rings (SSSR count). The molecular formula is C26H28N4O7S. The van der Waals surface area contributed by atoms with E-state index in [1.807, 2.05) is 24.3 Å². The molecule has 0 unspecified atom stereocenters. The van der Waals surface area contributed by atoms with Crippen LogP contribution in [0.1, 0.15) is 0 Å². The average molecular weight is 541 g/mol. The quantitative estimate of drug-likeness (QED) is 0.206. The van der Waals surface area contributed by atoms with Crippen molar-refractivity contribution in [1.29, 1.82) is 0 Å². The molecule has 3 N–H and O–H groups in total. The van der Waals surface area contributed by atoms with Crippen LogP contribution in [0.15, 0.2) is 59.5 Å². The second-order valence-corrected chi connectivity index (χ2v) is 10.8. The number of aliphatic hydroxyl groups excluding tert-OH is 1. The number of aliphatic hydroxyl groups is 1. The van der Waals surface area contributed by atoms with E-state index in [0.29, 0.717) is 23.3 Å². The summed E-state index contributed by atoms with van der Waals surface area (Å²) in [5.74, 6) is 0.740. The van der Waals surface area contributed by atoms with Gasteiger partial charge in [0, 0.05) is 54.4 Å². The van der Waals surface area contributed by atoms with Crippen molar-refractivity contribution in [2.45, 2.75) is 4.90 Å². The second kappa shape index (κ2) is 11.1. The minimum atomic E-state index is -3.91. The van der Waals surface area contributed by atoms with Gasteiger partial charge in [-0.05, 0) is 47.9 Å². The van der Waals surface area contributed by atoms with Crippen LogP contribution in [-0.2, 0) is 14.8 Å². The van der Waals surface area contributed by atoms with Gasteiger partial charge in [-0.1, -0.05) is 6.07 Å². The molecular weight excluding hydrogens is 512 g/mol. The zero-order valence-corrected chi connectivity index (χ0v) is 21.4. The van der Waals surface area contributed by atoms with Gasteiger partial charge in [-0.3, -0.25) is 15.0 Å². The summed E-state index contributed by atoms with van der Waals surface area (Å²) in [6.45, 7) is 4.16. The Labute approximate surface area is 219 Å². The molecule has 0 radical (unpaired) electrons. The van der Waals surface area contributed by atoms with Crippen LogP contribution in [0, 0.1) is 10.1 Å². The molecule has 11 nitrogen and oxygen atoms in total. The number of H-pyrrole nitrogens is 1. The van der Waals surface area contributed by atoms with Crippen LogP contribution >= 0.6 is 0 Å². The fourth-order valence-electron chi connectivity index (χ4n) is 4.53. The Hall–Kier alpha value is -3.55. The lowest BCUT2D eigenvalue weighted by molar-refractivity contribution is -0.383. The van der Waals surface area contributed by atoms with Crippen LogP contribution in [-0.4, -0.2) is 80.9 Å². The molecule has 2 heterocycles. The Morgan fingerprint density at radius 2 is 1.89 bits per heavy atom. The van der Waals surface area contributed by atoms with Gasteiger partial charge in [0.2, 0.25) is 10.0 Å². The third kappa shape index (κ3) is 5.64. The van der Waals surface area contributed by atoms with Crippen molar-refractivity contribution in [3.05, 3.63) is 64.7 Å². The highest BCUT2D eigenvalue weighted by atomic mass is 32.2. The molecule has 1 saturated heterocycles. The molecule has 0 aliphatic carbocycles. The van der Waals surface area contributed by atoms with E-state index < -0.39 is 14.9 Å². The van der Waals surface area contributed by atoms with Crippen LogP contribution in [0.4, 0.5) is 5.69 Å². The molecule has 0 atom stereocenters. The Balaban J connectivity index is 1.42. The summed E-state index contributed by atoms with van der Waals surface area (Å²) in [5.41, 5.74) is 1.95. The number of morpholine rings is 1. The topological polar surface area (TPSA) is 147 Å². The first-order valence-corrected chi connectivity index (χ1v) is 13.7. The van der Waals surface area contributed by atoms with Crippen molar-refractivity contribution in [1.82, 2.24) is 14.6 Å². The van der Waals surface area contributed by atoms with Gasteiger partial charge in [0.15, 0.2) is 0 Å². The van der Waals surface area contributed by atoms with Crippen LogP contribution in [0.5, 0.6) is 5.75 Å². The van der Waals surface area contributed by atoms with E-state index in [1.54, 1.807) is 12.1 Å². The number of ether oxygens (including phenoxy) is 2. The molecule has 1 aliphatic rings. The van der Waals surface area contributed by atoms with Gasteiger partial charge in [-0.15, -0.1) is 0 Å². The number of aromatic amines is 1. The Kier molecular flexibility index (Phi) is 7.58. The van der Waals surface area contributed by atoms with Crippen molar-refractivity contribution in [2.24, 2.45) is 0 Å². The first-order chi connectivity index (χ1) is 18.3. The first-order valence-electron chi connectivity index (χ1n) is 12.2. The maximum atomic E-state index is 12.5. The number of hydrogen-bond acceptors (Lipinski definition) is 8. The zero-order chi connectivity index (χ0) is 26.7. The van der Waals surface area contributed by atoms with Crippen molar-refractivity contribution in [2.75, 3.05) is 52.6 Å². The molecule has 1 fully saturated rings. The second-order valence-electron chi connectivity index (χ2n) is 8.99. The van der Waals surface area contributed by atoms with E-state index in [0.717, 1.165) is 49.5 Å². The summed E-state index contributed by atoms with van der Waals surface area (Å²) < 4.78 is 38.5. The highest BCUT2D eigenvalue weighted by Gasteiger charge is 2.20. The smallest absolute Gasteiger partial charge is 0.277 e. The number of fused-ring (bicyclic) bond motifs is 2. The number of nitro benzene ring substituents is 1. The Bertz CT molecular complexity index is 1580. The van der Waals surface area contributed by atoms with Crippen LogP contribution in [0.25, 0.3) is 32.9 Å². The van der Waals surface area contributed by atoms with Gasteiger partial charge in [-0.25, -0.2) is 13.1 Å². The number of sulfonamides is 1. The molecule has 0 amide bonds. The van der Waals surface area contributed by atoms with Gasteiger partial charge in [0.1, 0.15) is 12.4 Å². The summed E-state index contributed by atoms with van der Waals surface area (Å²) >= 11 is 0. The van der Waals surface area contributed by atoms with Crippen LogP contribution in [0.2, 0.25) is 0 Å². The molecule has 0 spiro atoms. The third-order valence-corrected chi connectivity index (χ3v) is 7.96. The molecule has 4 aromatic rings. The van der Waals surface area contributed by atoms with Crippen molar-refractivity contribution in [3.8, 4) is 17.0 Å². The Morgan fingerprint density at radius 1 is 1.08 bits per heavy atom. The summed E-state index contributed by atoms with van der Waals surface area (Å²) in [6.07, 6.45) is 0. The number of hydrogen-bond donors (Lipinski definition) is 3. The van der Waals surface area contributed by atoms with Crippen molar-refractivity contribution in [3.63, 3.8) is 0 Å². The summed E-state index contributed by atoms with van der Waals surface area (Å²) in [5, 5.41) is 22.5. The Morgan fingerprint density at radius 3 is 2.66 bits per heavy atom. The minimum absolute atomic E-state index is 0.110. The van der Waals surface area contributed by atoms with Crippen molar-refractivity contribution >= 4 is 37.4 Å². The lowest BCUT2D eigenvalue weighted by atomic mass is 10.0. The largest absolute Gasteiger partial charge is 0.492 e. The highest BCUT2D eigenvalue weighted by molar-refractivity contribution is 7.89. The van der Waals surface area contributed by atoms with E-state index in [9.17, 15) is 18.5 Å². The normalized spacial score (nSPS) is 14.8. The van der Waals surface area contributed by atoms with Gasteiger partial charge >= 0.3 is 0 Å². The van der Waals surface area contributed by atoms with Gasteiger partial charge in [0.05, 0.1) is 35.0 Å². The number of aromatic nitrogens is 1. The predicted molar refractivity (Wildman–Crippen MR) is 143 cm³/mol. The molecule has 1 aromatic heterocycles. The fourth-order valence-corrected chi connectivity index (χ4v) is 5.57.